The Morgan fingerprint density at radius 1 is 1.06 bits per heavy atom. The van der Waals surface area contributed by atoms with Crippen LogP contribution in [-0.4, -0.2) is 36.2 Å². The van der Waals surface area contributed by atoms with Gasteiger partial charge in [-0.15, -0.1) is 11.3 Å². The van der Waals surface area contributed by atoms with Crippen molar-refractivity contribution in [2.24, 2.45) is 0 Å². The largest absolute Gasteiger partial charge is 0.493 e. The molecule has 33 heavy (non-hydrogen) atoms. The van der Waals surface area contributed by atoms with Gasteiger partial charge in [-0.3, -0.25) is 20.4 Å². The first-order valence-corrected chi connectivity index (χ1v) is 11.6. The number of methoxy groups -OCH3 is 2. The Kier molecular flexibility index (Phi) is 7.23. The predicted molar refractivity (Wildman–Crippen MR) is 122 cm³/mol. The smallest absolute Gasteiger partial charge is 0.279 e. The number of carbonyl (C=O) groups excluding carboxylic acids is 2. The first kappa shape index (κ1) is 22.8. The van der Waals surface area contributed by atoms with E-state index < -0.39 is 0 Å². The minimum absolute atomic E-state index is 0.0921. The Bertz CT molecular complexity index is 1120. The number of hydrogen-bond acceptors (Lipinski definition) is 8. The van der Waals surface area contributed by atoms with Crippen LogP contribution in [-0.2, 0) is 24.1 Å². The number of amides is 2. The van der Waals surface area contributed by atoms with Crippen LogP contribution in [0, 0.1) is 0 Å². The normalized spacial score (nSPS) is 13.0. The standard InChI is InChI=1S/C23H26N4O5S/c1-30-16-9-8-15(12-17(16)31-2)22-24-21(32-27-22)11-10-20(28)25-26-23(29)19-13-14-6-4-3-5-7-18(14)33-19/h8-9,12-13H,3-7,10-11H2,1-2H3,(H,25,28)(H,26,29). The van der Waals surface area contributed by atoms with Crippen molar-refractivity contribution in [1.29, 1.82) is 0 Å². The minimum Gasteiger partial charge on any atom is -0.493 e. The number of benzene rings is 1. The molecule has 2 heterocycles. The van der Waals surface area contributed by atoms with Crippen molar-refractivity contribution in [2.45, 2.75) is 44.9 Å². The summed E-state index contributed by atoms with van der Waals surface area (Å²) in [5.41, 5.74) is 6.91. The van der Waals surface area contributed by atoms with E-state index in [4.69, 9.17) is 14.0 Å². The van der Waals surface area contributed by atoms with E-state index >= 15 is 0 Å². The zero-order valence-electron chi connectivity index (χ0n) is 18.6. The van der Waals surface area contributed by atoms with Crippen molar-refractivity contribution < 1.29 is 23.6 Å². The lowest BCUT2D eigenvalue weighted by Crippen LogP contribution is -2.41. The van der Waals surface area contributed by atoms with Gasteiger partial charge in [0.05, 0.1) is 19.1 Å². The first-order chi connectivity index (χ1) is 16.1. The van der Waals surface area contributed by atoms with Crippen molar-refractivity contribution in [3.8, 4) is 22.9 Å². The second-order valence-corrected chi connectivity index (χ2v) is 8.84. The lowest BCUT2D eigenvalue weighted by Gasteiger charge is -2.07. The highest BCUT2D eigenvalue weighted by Crippen LogP contribution is 2.31. The van der Waals surface area contributed by atoms with E-state index in [2.05, 4.69) is 21.0 Å². The van der Waals surface area contributed by atoms with Crippen molar-refractivity contribution >= 4 is 23.2 Å². The van der Waals surface area contributed by atoms with Crippen LogP contribution in [0.1, 0.15) is 51.7 Å². The third-order valence-electron chi connectivity index (χ3n) is 5.46. The van der Waals surface area contributed by atoms with E-state index in [1.165, 1.54) is 28.2 Å². The van der Waals surface area contributed by atoms with Crippen LogP contribution in [0.3, 0.4) is 0 Å². The molecule has 0 spiro atoms. The van der Waals surface area contributed by atoms with E-state index in [-0.39, 0.29) is 24.7 Å². The number of aromatic nitrogens is 2. The highest BCUT2D eigenvalue weighted by atomic mass is 32.1. The molecule has 2 aromatic heterocycles. The van der Waals surface area contributed by atoms with Gasteiger partial charge in [0.15, 0.2) is 11.5 Å². The summed E-state index contributed by atoms with van der Waals surface area (Å²) in [6, 6.07) is 7.25. The third-order valence-corrected chi connectivity index (χ3v) is 6.70. The minimum atomic E-state index is -0.340. The molecule has 174 valence electrons. The SMILES string of the molecule is COc1ccc(-c2noc(CCC(=O)NNC(=O)c3cc4c(s3)CCCCC4)n2)cc1OC. The lowest BCUT2D eigenvalue weighted by molar-refractivity contribution is -0.121. The molecule has 0 fully saturated rings. The molecule has 1 aromatic carbocycles. The summed E-state index contributed by atoms with van der Waals surface area (Å²) in [6.45, 7) is 0. The highest BCUT2D eigenvalue weighted by molar-refractivity contribution is 7.14. The predicted octanol–water partition coefficient (Wildman–Crippen LogP) is 3.48. The summed E-state index contributed by atoms with van der Waals surface area (Å²) in [5.74, 6) is 1.23. The Hall–Kier alpha value is -3.40. The fourth-order valence-electron chi connectivity index (χ4n) is 3.70. The van der Waals surface area contributed by atoms with Gasteiger partial charge in [-0.2, -0.15) is 4.98 Å². The van der Waals surface area contributed by atoms with Gasteiger partial charge in [0, 0.05) is 23.3 Å². The molecule has 0 bridgehead atoms. The molecule has 2 amide bonds. The molecule has 2 N–H and O–H groups in total. The Morgan fingerprint density at radius 3 is 2.70 bits per heavy atom. The van der Waals surface area contributed by atoms with Crippen molar-refractivity contribution in [2.75, 3.05) is 14.2 Å². The molecule has 9 nitrogen and oxygen atoms in total. The van der Waals surface area contributed by atoms with Crippen molar-refractivity contribution in [1.82, 2.24) is 21.0 Å². The number of hydrazine groups is 1. The monoisotopic (exact) mass is 470 g/mol. The molecule has 10 heteroatoms. The van der Waals surface area contributed by atoms with Crippen LogP contribution in [0.2, 0.25) is 0 Å². The lowest BCUT2D eigenvalue weighted by atomic mass is 10.1. The number of nitrogens with one attached hydrogen (secondary N) is 2. The van der Waals surface area contributed by atoms with Gasteiger partial charge in [-0.1, -0.05) is 11.6 Å². The Balaban J connectivity index is 1.27. The molecule has 3 aromatic rings. The topological polar surface area (TPSA) is 116 Å². The Labute approximate surface area is 195 Å². The van der Waals surface area contributed by atoms with E-state index in [0.717, 1.165) is 25.7 Å². The summed E-state index contributed by atoms with van der Waals surface area (Å²) in [5, 5.41) is 3.97. The second-order valence-electron chi connectivity index (χ2n) is 7.70. The first-order valence-electron chi connectivity index (χ1n) is 10.8. The molecule has 0 atom stereocenters. The van der Waals surface area contributed by atoms with E-state index in [1.54, 1.807) is 32.4 Å². The average Bonchev–Trinajstić information content (AvgIpc) is 3.42. The van der Waals surface area contributed by atoms with Gasteiger partial charge < -0.3 is 14.0 Å². The van der Waals surface area contributed by atoms with Crippen LogP contribution in [0.5, 0.6) is 11.5 Å². The zero-order valence-corrected chi connectivity index (χ0v) is 19.4. The molecule has 0 unspecified atom stereocenters. The van der Waals surface area contributed by atoms with Crippen LogP contribution < -0.4 is 20.3 Å². The molecule has 1 aliphatic carbocycles. The van der Waals surface area contributed by atoms with Crippen molar-refractivity contribution in [3.05, 3.63) is 45.5 Å². The van der Waals surface area contributed by atoms with E-state index in [1.807, 2.05) is 6.07 Å². The van der Waals surface area contributed by atoms with Gasteiger partial charge in [0.1, 0.15) is 0 Å². The number of thiophene rings is 1. The summed E-state index contributed by atoms with van der Waals surface area (Å²) in [7, 11) is 3.11. The summed E-state index contributed by atoms with van der Waals surface area (Å²) >= 11 is 1.51. The fourth-order valence-corrected chi connectivity index (χ4v) is 4.85. The van der Waals surface area contributed by atoms with Gasteiger partial charge in [0.25, 0.3) is 5.91 Å². The number of ether oxygens (including phenoxy) is 2. The van der Waals surface area contributed by atoms with Gasteiger partial charge in [-0.05, 0) is 55.5 Å². The molecule has 0 aliphatic heterocycles. The Morgan fingerprint density at radius 2 is 1.88 bits per heavy atom. The maximum atomic E-state index is 12.4. The third kappa shape index (κ3) is 5.51. The number of fused-ring (bicyclic) bond motifs is 1. The average molecular weight is 471 g/mol. The molecular weight excluding hydrogens is 444 g/mol. The van der Waals surface area contributed by atoms with Gasteiger partial charge in [-0.25, -0.2) is 0 Å². The summed E-state index contributed by atoms with van der Waals surface area (Å²) in [6.07, 6.45) is 5.93. The van der Waals surface area contributed by atoms with Gasteiger partial charge >= 0.3 is 0 Å². The summed E-state index contributed by atoms with van der Waals surface area (Å²) in [4.78, 5) is 30.8. The van der Waals surface area contributed by atoms with E-state index in [0.29, 0.717) is 33.7 Å². The van der Waals surface area contributed by atoms with Gasteiger partial charge in [0.2, 0.25) is 17.6 Å². The molecule has 1 aliphatic rings. The molecule has 4 rings (SSSR count). The molecule has 0 radical (unpaired) electrons. The summed E-state index contributed by atoms with van der Waals surface area (Å²) < 4.78 is 15.8. The van der Waals surface area contributed by atoms with Crippen molar-refractivity contribution in [3.63, 3.8) is 0 Å². The van der Waals surface area contributed by atoms with Crippen LogP contribution in [0.15, 0.2) is 28.8 Å². The maximum absolute atomic E-state index is 12.4. The fraction of sp³-hybridized carbons (Fsp3) is 0.391. The maximum Gasteiger partial charge on any atom is 0.279 e. The zero-order chi connectivity index (χ0) is 23.2. The quantitative estimate of drug-likeness (QED) is 0.401. The molecule has 0 saturated heterocycles. The molecular formula is C23H26N4O5S. The highest BCUT2D eigenvalue weighted by Gasteiger charge is 2.17. The van der Waals surface area contributed by atoms with E-state index in [9.17, 15) is 9.59 Å². The molecule has 0 saturated carbocycles. The van der Waals surface area contributed by atoms with Crippen LogP contribution in [0.25, 0.3) is 11.4 Å². The van der Waals surface area contributed by atoms with Crippen LogP contribution in [0.4, 0.5) is 0 Å². The number of rotatable bonds is 7. The number of nitrogens with zero attached hydrogens (tertiary/aromatic N) is 2. The number of hydrogen-bond donors (Lipinski definition) is 2. The number of carbonyl (C=O) groups is 2. The second kappa shape index (κ2) is 10.5. The number of aryl methyl sites for hydroxylation is 3. The van der Waals surface area contributed by atoms with Crippen LogP contribution >= 0.6 is 11.3 Å².